The minimum atomic E-state index is 0.541. The van der Waals surface area contributed by atoms with E-state index in [-0.39, 0.29) is 0 Å². The van der Waals surface area contributed by atoms with Crippen LogP contribution in [0.1, 0.15) is 140 Å². The minimum Gasteiger partial charge on any atom is -0.508 e. The molecule has 1 aromatic carbocycles. The van der Waals surface area contributed by atoms with Gasteiger partial charge in [-0.25, -0.2) is 0 Å². The molecule has 29 heavy (non-hydrogen) atoms. The molecule has 0 radical (unpaired) electrons. The molecule has 0 unspecified atom stereocenters. The van der Waals surface area contributed by atoms with Crippen LogP contribution in [0.5, 0.6) is 5.75 Å². The SMILES string of the molecule is CCCCCCCCCCCCc1c(O)ccc(CC)c1CCCCCCCC. The van der Waals surface area contributed by atoms with Crippen LogP contribution in [-0.4, -0.2) is 5.11 Å². The Morgan fingerprint density at radius 1 is 0.517 bits per heavy atom. The third-order valence-corrected chi connectivity index (χ3v) is 6.45. The molecule has 0 spiro atoms. The smallest absolute Gasteiger partial charge is 0.119 e. The summed E-state index contributed by atoms with van der Waals surface area (Å²) in [7, 11) is 0. The van der Waals surface area contributed by atoms with Gasteiger partial charge in [-0.15, -0.1) is 0 Å². The Morgan fingerprint density at radius 3 is 1.38 bits per heavy atom. The van der Waals surface area contributed by atoms with Gasteiger partial charge in [-0.1, -0.05) is 117 Å². The van der Waals surface area contributed by atoms with E-state index in [1.165, 1.54) is 119 Å². The molecule has 1 N–H and O–H groups in total. The zero-order chi connectivity index (χ0) is 21.2. The van der Waals surface area contributed by atoms with Crippen LogP contribution in [0.3, 0.4) is 0 Å². The Hall–Kier alpha value is -0.980. The summed E-state index contributed by atoms with van der Waals surface area (Å²) in [5.74, 6) is 0.541. The molecule has 0 saturated carbocycles. The fraction of sp³-hybridized carbons (Fsp3) is 0.786. The quantitative estimate of drug-likeness (QED) is 0.228. The van der Waals surface area contributed by atoms with Crippen LogP contribution in [0.2, 0.25) is 0 Å². The van der Waals surface area contributed by atoms with Crippen LogP contribution in [-0.2, 0) is 19.3 Å². The minimum absolute atomic E-state index is 0.541. The summed E-state index contributed by atoms with van der Waals surface area (Å²) in [6.07, 6.45) is 25.0. The Labute approximate surface area is 182 Å². The largest absolute Gasteiger partial charge is 0.508 e. The van der Waals surface area contributed by atoms with E-state index in [0.29, 0.717) is 5.75 Å². The van der Waals surface area contributed by atoms with Crippen molar-refractivity contribution in [3.05, 3.63) is 28.8 Å². The summed E-state index contributed by atoms with van der Waals surface area (Å²) < 4.78 is 0. The van der Waals surface area contributed by atoms with Crippen LogP contribution < -0.4 is 0 Å². The number of phenolic OH excluding ortho intramolecular Hbond substituents is 1. The topological polar surface area (TPSA) is 20.2 Å². The first-order valence-electron chi connectivity index (χ1n) is 13.1. The summed E-state index contributed by atoms with van der Waals surface area (Å²) in [6.45, 7) is 6.81. The van der Waals surface area contributed by atoms with Gasteiger partial charge in [0.25, 0.3) is 0 Å². The van der Waals surface area contributed by atoms with Crippen molar-refractivity contribution in [1.82, 2.24) is 0 Å². The van der Waals surface area contributed by atoms with E-state index in [9.17, 15) is 5.11 Å². The van der Waals surface area contributed by atoms with Gasteiger partial charge in [0.1, 0.15) is 5.75 Å². The van der Waals surface area contributed by atoms with Gasteiger partial charge in [-0.2, -0.15) is 0 Å². The van der Waals surface area contributed by atoms with E-state index in [1.54, 1.807) is 0 Å². The standard InChI is InChI=1S/C28H50O/c1-4-7-9-11-13-14-15-16-18-20-22-27-26(21-19-17-12-10-8-5-2)25(6-3)23-24-28(27)29/h23-24,29H,4-22H2,1-3H3. The maximum Gasteiger partial charge on any atom is 0.119 e. The monoisotopic (exact) mass is 402 g/mol. The lowest BCUT2D eigenvalue weighted by Crippen LogP contribution is -2.01. The third kappa shape index (κ3) is 11.7. The van der Waals surface area contributed by atoms with Crippen molar-refractivity contribution in [2.45, 2.75) is 143 Å². The van der Waals surface area contributed by atoms with Gasteiger partial charge in [0.15, 0.2) is 0 Å². The van der Waals surface area contributed by atoms with Crippen LogP contribution in [0, 0.1) is 0 Å². The predicted molar refractivity (Wildman–Crippen MR) is 130 cm³/mol. The molecule has 0 fully saturated rings. The average Bonchev–Trinajstić information content (AvgIpc) is 2.73. The zero-order valence-corrected chi connectivity index (χ0v) is 20.0. The van der Waals surface area contributed by atoms with Crippen molar-refractivity contribution in [2.75, 3.05) is 0 Å². The molecule has 0 heterocycles. The Kier molecular flexibility index (Phi) is 16.0. The Balaban J connectivity index is 2.37. The molecule has 1 rings (SSSR count). The number of rotatable bonds is 19. The highest BCUT2D eigenvalue weighted by Gasteiger charge is 2.12. The lowest BCUT2D eigenvalue weighted by Gasteiger charge is -2.16. The van der Waals surface area contributed by atoms with Gasteiger partial charge in [0.2, 0.25) is 0 Å². The Bertz CT molecular complexity index is 505. The second kappa shape index (κ2) is 17.8. The van der Waals surface area contributed by atoms with Crippen molar-refractivity contribution in [3.8, 4) is 5.75 Å². The van der Waals surface area contributed by atoms with Gasteiger partial charge in [-0.3, -0.25) is 0 Å². The molecule has 0 amide bonds. The normalized spacial score (nSPS) is 11.3. The lowest BCUT2D eigenvalue weighted by molar-refractivity contribution is 0.463. The number of hydrogen-bond acceptors (Lipinski definition) is 1. The van der Waals surface area contributed by atoms with Crippen LogP contribution in [0.4, 0.5) is 0 Å². The molecular formula is C28H50O. The third-order valence-electron chi connectivity index (χ3n) is 6.45. The number of unbranched alkanes of at least 4 members (excludes halogenated alkanes) is 14. The Morgan fingerprint density at radius 2 is 0.931 bits per heavy atom. The fourth-order valence-electron chi connectivity index (χ4n) is 4.52. The zero-order valence-electron chi connectivity index (χ0n) is 20.0. The van der Waals surface area contributed by atoms with Gasteiger partial charge in [-0.05, 0) is 54.9 Å². The van der Waals surface area contributed by atoms with Gasteiger partial charge >= 0.3 is 0 Å². The highest BCUT2D eigenvalue weighted by atomic mass is 16.3. The number of benzene rings is 1. The van der Waals surface area contributed by atoms with Gasteiger partial charge in [0, 0.05) is 0 Å². The molecule has 168 valence electrons. The molecule has 0 aromatic heterocycles. The number of hydrogen-bond donors (Lipinski definition) is 1. The number of aromatic hydroxyl groups is 1. The summed E-state index contributed by atoms with van der Waals surface area (Å²) in [5.41, 5.74) is 4.19. The van der Waals surface area contributed by atoms with E-state index in [0.717, 1.165) is 19.3 Å². The molecule has 0 aliphatic rings. The van der Waals surface area contributed by atoms with Crippen molar-refractivity contribution in [3.63, 3.8) is 0 Å². The highest BCUT2D eigenvalue weighted by molar-refractivity contribution is 5.44. The highest BCUT2D eigenvalue weighted by Crippen LogP contribution is 2.29. The summed E-state index contributed by atoms with van der Waals surface area (Å²) >= 11 is 0. The van der Waals surface area contributed by atoms with Crippen molar-refractivity contribution in [1.29, 1.82) is 0 Å². The molecule has 0 atom stereocenters. The second-order valence-electron chi connectivity index (χ2n) is 9.00. The maximum atomic E-state index is 10.5. The number of phenols is 1. The van der Waals surface area contributed by atoms with Crippen LogP contribution in [0.25, 0.3) is 0 Å². The summed E-state index contributed by atoms with van der Waals surface area (Å²) in [4.78, 5) is 0. The predicted octanol–water partition coefficient (Wildman–Crippen LogP) is 9.32. The van der Waals surface area contributed by atoms with E-state index >= 15 is 0 Å². The molecule has 0 aliphatic carbocycles. The summed E-state index contributed by atoms with van der Waals surface area (Å²) in [6, 6.07) is 4.10. The van der Waals surface area contributed by atoms with Gasteiger partial charge in [0.05, 0.1) is 0 Å². The first kappa shape index (κ1) is 26.1. The average molecular weight is 403 g/mol. The molecule has 1 nitrogen and oxygen atoms in total. The van der Waals surface area contributed by atoms with Gasteiger partial charge < -0.3 is 5.11 Å². The van der Waals surface area contributed by atoms with E-state index in [4.69, 9.17) is 0 Å². The van der Waals surface area contributed by atoms with Crippen molar-refractivity contribution < 1.29 is 5.11 Å². The summed E-state index contributed by atoms with van der Waals surface area (Å²) in [5, 5.41) is 10.5. The van der Waals surface area contributed by atoms with E-state index in [2.05, 4.69) is 26.8 Å². The molecule has 0 aliphatic heterocycles. The van der Waals surface area contributed by atoms with E-state index < -0.39 is 0 Å². The van der Waals surface area contributed by atoms with Crippen LogP contribution >= 0.6 is 0 Å². The lowest BCUT2D eigenvalue weighted by atomic mass is 9.90. The van der Waals surface area contributed by atoms with Crippen molar-refractivity contribution >= 4 is 0 Å². The molecule has 1 heteroatoms. The number of aryl methyl sites for hydroxylation is 1. The molecule has 0 saturated heterocycles. The fourth-order valence-corrected chi connectivity index (χ4v) is 4.52. The van der Waals surface area contributed by atoms with Crippen LogP contribution in [0.15, 0.2) is 12.1 Å². The molecule has 0 bridgehead atoms. The van der Waals surface area contributed by atoms with Crippen molar-refractivity contribution in [2.24, 2.45) is 0 Å². The molecular weight excluding hydrogens is 352 g/mol. The van der Waals surface area contributed by atoms with E-state index in [1.807, 2.05) is 6.07 Å². The maximum absolute atomic E-state index is 10.5. The molecule has 1 aromatic rings. The first-order valence-corrected chi connectivity index (χ1v) is 13.1. The first-order chi connectivity index (χ1) is 14.2. The second-order valence-corrected chi connectivity index (χ2v) is 9.00.